The predicted molar refractivity (Wildman–Crippen MR) is 99.1 cm³/mol. The van der Waals surface area contributed by atoms with Crippen molar-refractivity contribution in [3.05, 3.63) is 63.2 Å². The summed E-state index contributed by atoms with van der Waals surface area (Å²) in [5.41, 5.74) is 1.79. The zero-order valence-corrected chi connectivity index (χ0v) is 15.6. The molecule has 27 heavy (non-hydrogen) atoms. The molecule has 144 valence electrons. The molecule has 1 aliphatic carbocycles. The van der Waals surface area contributed by atoms with E-state index in [1.165, 1.54) is 20.3 Å². The number of allylic oxidation sites excluding steroid dienone is 2. The smallest absolute Gasteiger partial charge is 0.309 e. The van der Waals surface area contributed by atoms with Gasteiger partial charge in [-0.25, -0.2) is 0 Å². The molecule has 7 heteroatoms. The van der Waals surface area contributed by atoms with Gasteiger partial charge in [-0.05, 0) is 12.3 Å². The second-order valence-corrected chi connectivity index (χ2v) is 6.31. The summed E-state index contributed by atoms with van der Waals surface area (Å²) in [5, 5.41) is 11.5. The number of para-hydroxylation sites is 1. The third-order valence-electron chi connectivity index (χ3n) is 4.67. The maximum atomic E-state index is 11.9. The first kappa shape index (κ1) is 20.4. The van der Waals surface area contributed by atoms with Crippen molar-refractivity contribution in [3.8, 4) is 0 Å². The average Bonchev–Trinajstić information content (AvgIpc) is 2.67. The fourth-order valence-corrected chi connectivity index (χ4v) is 3.36. The maximum absolute atomic E-state index is 11.9. The number of esters is 2. The summed E-state index contributed by atoms with van der Waals surface area (Å²) in [7, 11) is 2.60. The molecule has 0 radical (unpaired) electrons. The van der Waals surface area contributed by atoms with Crippen molar-refractivity contribution in [1.82, 2.24) is 0 Å². The van der Waals surface area contributed by atoms with Crippen LogP contribution in [0.5, 0.6) is 0 Å². The fourth-order valence-electron chi connectivity index (χ4n) is 3.36. The lowest BCUT2D eigenvalue weighted by Gasteiger charge is -2.29. The molecule has 0 amide bonds. The van der Waals surface area contributed by atoms with Gasteiger partial charge in [0.25, 0.3) is 5.69 Å². The lowest BCUT2D eigenvalue weighted by molar-refractivity contribution is -0.385. The van der Waals surface area contributed by atoms with Crippen LogP contribution in [0.25, 0.3) is 0 Å². The Labute approximate surface area is 157 Å². The minimum atomic E-state index is -0.549. The molecular formula is C20H23NO6. The number of carbonyl (C=O) groups excluding carboxylic acids is 2. The second-order valence-electron chi connectivity index (χ2n) is 6.31. The van der Waals surface area contributed by atoms with Gasteiger partial charge < -0.3 is 9.47 Å². The van der Waals surface area contributed by atoms with Crippen LogP contribution in [0.3, 0.4) is 0 Å². The molecule has 0 fully saturated rings. The number of hydrogen-bond acceptors (Lipinski definition) is 6. The minimum Gasteiger partial charge on any atom is -0.469 e. The van der Waals surface area contributed by atoms with E-state index >= 15 is 0 Å². The Bertz CT molecular complexity index is 759. The van der Waals surface area contributed by atoms with Crippen molar-refractivity contribution in [2.24, 2.45) is 5.92 Å². The van der Waals surface area contributed by atoms with Gasteiger partial charge >= 0.3 is 11.9 Å². The van der Waals surface area contributed by atoms with Crippen LogP contribution in [0, 0.1) is 16.0 Å². The molecule has 0 saturated carbocycles. The molecule has 0 aromatic heterocycles. The standard InChI is InChI=1S/C20H23NO6/c1-4-13-9-14(11-18(22)26-2)20(15(10-13)12-19(23)27-3)16-7-5-6-8-17(16)21(24)25/h5-10,13,20H,4,11-12H2,1-3H3. The first-order chi connectivity index (χ1) is 12.9. The number of carbonyl (C=O) groups is 2. The Morgan fingerprint density at radius 2 is 1.56 bits per heavy atom. The van der Waals surface area contributed by atoms with E-state index in [-0.39, 0.29) is 24.4 Å². The Balaban J connectivity index is 2.59. The van der Waals surface area contributed by atoms with Crippen molar-refractivity contribution in [2.75, 3.05) is 14.2 Å². The summed E-state index contributed by atoms with van der Waals surface area (Å²) in [4.78, 5) is 35.0. The molecule has 1 aliphatic rings. The lowest BCUT2D eigenvalue weighted by Crippen LogP contribution is -2.19. The highest BCUT2D eigenvalue weighted by Gasteiger charge is 2.33. The summed E-state index contributed by atoms with van der Waals surface area (Å²) in [5.74, 6) is -1.38. The Morgan fingerprint density at radius 1 is 1.04 bits per heavy atom. The van der Waals surface area contributed by atoms with E-state index in [2.05, 4.69) is 0 Å². The molecule has 0 heterocycles. The monoisotopic (exact) mass is 373 g/mol. The van der Waals surface area contributed by atoms with Crippen LogP contribution in [0.1, 0.15) is 37.7 Å². The summed E-state index contributed by atoms with van der Waals surface area (Å²) >= 11 is 0. The van der Waals surface area contributed by atoms with Crippen molar-refractivity contribution in [2.45, 2.75) is 32.1 Å². The molecule has 1 aromatic rings. The van der Waals surface area contributed by atoms with E-state index in [9.17, 15) is 19.7 Å². The number of nitrogens with zero attached hydrogens (tertiary/aromatic N) is 1. The molecule has 0 bridgehead atoms. The molecule has 0 spiro atoms. The van der Waals surface area contributed by atoms with E-state index in [4.69, 9.17) is 9.47 Å². The van der Waals surface area contributed by atoms with Gasteiger partial charge in [0, 0.05) is 17.5 Å². The molecule has 0 saturated heterocycles. The molecular weight excluding hydrogens is 350 g/mol. The highest BCUT2D eigenvalue weighted by atomic mass is 16.6. The van der Waals surface area contributed by atoms with Crippen molar-refractivity contribution in [3.63, 3.8) is 0 Å². The van der Waals surface area contributed by atoms with Gasteiger partial charge in [-0.2, -0.15) is 0 Å². The highest BCUT2D eigenvalue weighted by Crippen LogP contribution is 2.44. The van der Waals surface area contributed by atoms with Crippen LogP contribution in [-0.2, 0) is 19.1 Å². The van der Waals surface area contributed by atoms with Crippen molar-refractivity contribution in [1.29, 1.82) is 0 Å². The third kappa shape index (κ3) is 4.81. The van der Waals surface area contributed by atoms with Gasteiger partial charge in [0.05, 0.1) is 32.0 Å². The van der Waals surface area contributed by atoms with Gasteiger partial charge in [0.1, 0.15) is 0 Å². The van der Waals surface area contributed by atoms with Crippen LogP contribution in [0.15, 0.2) is 47.6 Å². The topological polar surface area (TPSA) is 95.7 Å². The molecule has 0 aliphatic heterocycles. The highest BCUT2D eigenvalue weighted by molar-refractivity contribution is 5.76. The second kappa shape index (κ2) is 9.12. The number of methoxy groups -OCH3 is 2. The van der Waals surface area contributed by atoms with Gasteiger partial charge in [0.15, 0.2) is 0 Å². The van der Waals surface area contributed by atoms with E-state index in [1.54, 1.807) is 18.2 Å². The zero-order chi connectivity index (χ0) is 20.0. The number of nitro groups is 1. The first-order valence-corrected chi connectivity index (χ1v) is 8.69. The summed E-state index contributed by atoms with van der Waals surface area (Å²) in [6.45, 7) is 1.99. The van der Waals surface area contributed by atoms with Crippen LogP contribution in [0.2, 0.25) is 0 Å². The fraction of sp³-hybridized carbons (Fsp3) is 0.400. The van der Waals surface area contributed by atoms with E-state index in [1.807, 2.05) is 19.1 Å². The van der Waals surface area contributed by atoms with Gasteiger partial charge in [-0.15, -0.1) is 0 Å². The van der Waals surface area contributed by atoms with E-state index in [0.717, 1.165) is 6.42 Å². The first-order valence-electron chi connectivity index (χ1n) is 8.69. The molecule has 2 rings (SSSR count). The maximum Gasteiger partial charge on any atom is 0.309 e. The number of rotatable bonds is 7. The normalized spacial score (nSPS) is 18.9. The molecule has 0 unspecified atom stereocenters. The quantitative estimate of drug-likeness (QED) is 0.313. The SMILES string of the molecule is CCC1C=C(CC(=O)OC)C(c2ccccc2[N+](=O)[O-])C(CC(=O)OC)=C1. The largest absolute Gasteiger partial charge is 0.469 e. The number of ether oxygens (including phenoxy) is 2. The van der Waals surface area contributed by atoms with Crippen molar-refractivity contribution < 1.29 is 24.0 Å². The minimum absolute atomic E-state index is 0.00221. The molecule has 0 N–H and O–H groups in total. The van der Waals surface area contributed by atoms with Crippen LogP contribution < -0.4 is 0 Å². The Kier molecular flexibility index (Phi) is 6.87. The summed E-state index contributed by atoms with van der Waals surface area (Å²) in [6.07, 6.45) is 4.67. The van der Waals surface area contributed by atoms with Gasteiger partial charge in [0.2, 0.25) is 0 Å². The van der Waals surface area contributed by atoms with Crippen molar-refractivity contribution >= 4 is 17.6 Å². The molecule has 0 atom stereocenters. The Morgan fingerprint density at radius 3 is 2.00 bits per heavy atom. The average molecular weight is 373 g/mol. The van der Waals surface area contributed by atoms with Crippen LogP contribution in [-0.4, -0.2) is 31.1 Å². The molecule has 7 nitrogen and oxygen atoms in total. The number of hydrogen-bond donors (Lipinski definition) is 0. The van der Waals surface area contributed by atoms with Gasteiger partial charge in [-0.1, -0.05) is 48.4 Å². The zero-order valence-electron chi connectivity index (χ0n) is 15.6. The summed E-state index contributed by atoms with van der Waals surface area (Å²) in [6, 6.07) is 6.38. The third-order valence-corrected chi connectivity index (χ3v) is 4.67. The van der Waals surface area contributed by atoms with Gasteiger partial charge in [-0.3, -0.25) is 19.7 Å². The Hall–Kier alpha value is -2.96. The number of benzene rings is 1. The van der Waals surface area contributed by atoms with E-state index < -0.39 is 22.8 Å². The molecule has 1 aromatic carbocycles. The number of nitro benzene ring substituents is 1. The van der Waals surface area contributed by atoms with E-state index in [0.29, 0.717) is 16.7 Å². The van der Waals surface area contributed by atoms with Crippen LogP contribution in [0.4, 0.5) is 5.69 Å². The summed E-state index contributed by atoms with van der Waals surface area (Å²) < 4.78 is 9.59. The predicted octanol–water partition coefficient (Wildman–Crippen LogP) is 3.70. The van der Waals surface area contributed by atoms with Crippen LogP contribution >= 0.6 is 0 Å². The lowest BCUT2D eigenvalue weighted by atomic mass is 9.75.